The summed E-state index contributed by atoms with van der Waals surface area (Å²) in [6.07, 6.45) is 2.65. The molecule has 0 aliphatic heterocycles. The minimum absolute atomic E-state index is 0.0124. The van der Waals surface area contributed by atoms with Crippen molar-refractivity contribution in [3.8, 4) is 0 Å². The molecule has 0 aromatic carbocycles. The van der Waals surface area contributed by atoms with Crippen LogP contribution in [0.15, 0.2) is 0 Å². The Morgan fingerprint density at radius 3 is 2.41 bits per heavy atom. The van der Waals surface area contributed by atoms with Crippen LogP contribution < -0.4 is 5.73 Å². The number of carbonyl (C=O) groups excluding carboxylic acids is 1. The molecule has 3 atom stereocenters. The molecule has 1 aliphatic rings. The first kappa shape index (κ1) is 14.5. The summed E-state index contributed by atoms with van der Waals surface area (Å²) in [5.41, 5.74) is 6.22. The second-order valence-corrected chi connectivity index (χ2v) is 6.98. The predicted octanol–water partition coefficient (Wildman–Crippen LogP) is 2.25. The monoisotopic (exact) mass is 240 g/mol. The number of nitrogens with two attached hydrogens (primary N) is 1. The van der Waals surface area contributed by atoms with E-state index in [2.05, 4.69) is 27.7 Å². The van der Waals surface area contributed by atoms with E-state index in [4.69, 9.17) is 5.73 Å². The van der Waals surface area contributed by atoms with Gasteiger partial charge in [0.2, 0.25) is 5.91 Å². The second kappa shape index (κ2) is 5.38. The van der Waals surface area contributed by atoms with Gasteiger partial charge in [0.25, 0.3) is 0 Å². The van der Waals surface area contributed by atoms with Gasteiger partial charge in [0.15, 0.2) is 0 Å². The molecule has 17 heavy (non-hydrogen) atoms. The SMILES string of the molecule is CC1CC1CN(C)C(=O)CC(N)CC(C)(C)C. The molecule has 0 saturated heterocycles. The molecular weight excluding hydrogens is 212 g/mol. The van der Waals surface area contributed by atoms with Gasteiger partial charge in [0.1, 0.15) is 0 Å². The Hall–Kier alpha value is -0.570. The lowest BCUT2D eigenvalue weighted by Gasteiger charge is -2.25. The van der Waals surface area contributed by atoms with Crippen molar-refractivity contribution in [3.05, 3.63) is 0 Å². The zero-order chi connectivity index (χ0) is 13.2. The third-order valence-corrected chi connectivity index (χ3v) is 3.52. The Labute approximate surface area is 106 Å². The van der Waals surface area contributed by atoms with Crippen molar-refractivity contribution in [1.29, 1.82) is 0 Å². The van der Waals surface area contributed by atoms with Crippen molar-refractivity contribution in [2.45, 2.75) is 53.0 Å². The molecule has 0 aromatic rings. The smallest absolute Gasteiger partial charge is 0.223 e. The van der Waals surface area contributed by atoms with E-state index in [1.54, 1.807) is 0 Å². The largest absolute Gasteiger partial charge is 0.345 e. The summed E-state index contributed by atoms with van der Waals surface area (Å²) in [6, 6.07) is -0.0124. The van der Waals surface area contributed by atoms with Gasteiger partial charge >= 0.3 is 0 Å². The minimum atomic E-state index is -0.0124. The normalized spacial score (nSPS) is 25.5. The Morgan fingerprint density at radius 2 is 2.00 bits per heavy atom. The summed E-state index contributed by atoms with van der Waals surface area (Å²) in [6.45, 7) is 9.63. The highest BCUT2D eigenvalue weighted by atomic mass is 16.2. The average molecular weight is 240 g/mol. The summed E-state index contributed by atoms with van der Waals surface area (Å²) in [7, 11) is 1.90. The van der Waals surface area contributed by atoms with Gasteiger partial charge in [-0.25, -0.2) is 0 Å². The average Bonchev–Trinajstić information content (AvgIpc) is 2.77. The molecule has 0 heterocycles. The lowest BCUT2D eigenvalue weighted by atomic mass is 9.87. The highest BCUT2D eigenvalue weighted by Crippen LogP contribution is 2.38. The summed E-state index contributed by atoms with van der Waals surface area (Å²) in [4.78, 5) is 13.8. The van der Waals surface area contributed by atoms with Crippen LogP contribution in [0.4, 0.5) is 0 Å². The molecule has 0 spiro atoms. The van der Waals surface area contributed by atoms with E-state index in [1.807, 2.05) is 11.9 Å². The standard InChI is InChI=1S/C14H28N2O/c1-10-6-11(10)9-16(5)13(17)7-12(15)8-14(2,3)4/h10-12H,6-9,15H2,1-5H3. The third kappa shape index (κ3) is 5.53. The molecule has 3 nitrogen and oxygen atoms in total. The summed E-state index contributed by atoms with van der Waals surface area (Å²) in [5, 5.41) is 0. The van der Waals surface area contributed by atoms with Crippen LogP contribution in [0.2, 0.25) is 0 Å². The highest BCUT2D eigenvalue weighted by Gasteiger charge is 2.34. The first-order chi connectivity index (χ1) is 7.69. The Morgan fingerprint density at radius 1 is 1.47 bits per heavy atom. The zero-order valence-electron chi connectivity index (χ0n) is 12.0. The van der Waals surface area contributed by atoms with Crippen LogP contribution in [-0.2, 0) is 4.79 Å². The summed E-state index contributed by atoms with van der Waals surface area (Å²) < 4.78 is 0. The predicted molar refractivity (Wildman–Crippen MR) is 71.6 cm³/mol. The number of carbonyl (C=O) groups is 1. The van der Waals surface area contributed by atoms with Gasteiger partial charge in [0.05, 0.1) is 0 Å². The maximum absolute atomic E-state index is 12.0. The van der Waals surface area contributed by atoms with E-state index in [0.29, 0.717) is 6.42 Å². The zero-order valence-corrected chi connectivity index (χ0v) is 12.0. The topological polar surface area (TPSA) is 46.3 Å². The lowest BCUT2D eigenvalue weighted by molar-refractivity contribution is -0.130. The van der Waals surface area contributed by atoms with Crippen LogP contribution in [-0.4, -0.2) is 30.4 Å². The molecule has 1 saturated carbocycles. The fourth-order valence-corrected chi connectivity index (χ4v) is 2.35. The van der Waals surface area contributed by atoms with Crippen LogP contribution in [0.25, 0.3) is 0 Å². The number of hydrogen-bond acceptors (Lipinski definition) is 2. The molecule has 0 aromatic heterocycles. The van der Waals surface area contributed by atoms with Crippen molar-refractivity contribution in [2.75, 3.05) is 13.6 Å². The first-order valence-electron chi connectivity index (χ1n) is 6.68. The molecule has 3 heteroatoms. The molecule has 1 amide bonds. The van der Waals surface area contributed by atoms with Gasteiger partial charge in [-0.1, -0.05) is 27.7 Å². The number of amides is 1. The molecule has 1 aliphatic carbocycles. The maximum Gasteiger partial charge on any atom is 0.223 e. The molecule has 100 valence electrons. The Balaban J connectivity index is 2.27. The van der Waals surface area contributed by atoms with Crippen LogP contribution >= 0.6 is 0 Å². The van der Waals surface area contributed by atoms with Gasteiger partial charge in [0, 0.05) is 26.1 Å². The van der Waals surface area contributed by atoms with Crippen LogP contribution in [0, 0.1) is 17.3 Å². The van der Waals surface area contributed by atoms with Gasteiger partial charge in [-0.15, -0.1) is 0 Å². The van der Waals surface area contributed by atoms with E-state index in [0.717, 1.165) is 24.8 Å². The summed E-state index contributed by atoms with van der Waals surface area (Å²) in [5.74, 6) is 1.72. The number of hydrogen-bond donors (Lipinski definition) is 1. The molecule has 0 radical (unpaired) electrons. The molecule has 1 fully saturated rings. The van der Waals surface area contributed by atoms with Gasteiger partial charge in [-0.3, -0.25) is 4.79 Å². The Kier molecular flexibility index (Phi) is 4.59. The fourth-order valence-electron chi connectivity index (χ4n) is 2.35. The van der Waals surface area contributed by atoms with Crippen molar-refractivity contribution in [3.63, 3.8) is 0 Å². The second-order valence-electron chi connectivity index (χ2n) is 6.98. The Bertz CT molecular complexity index is 270. The molecule has 0 bridgehead atoms. The van der Waals surface area contributed by atoms with Gasteiger partial charge in [-0.2, -0.15) is 0 Å². The van der Waals surface area contributed by atoms with Gasteiger partial charge < -0.3 is 10.6 Å². The van der Waals surface area contributed by atoms with E-state index < -0.39 is 0 Å². The van der Waals surface area contributed by atoms with E-state index >= 15 is 0 Å². The van der Waals surface area contributed by atoms with Crippen molar-refractivity contribution in [2.24, 2.45) is 23.0 Å². The van der Waals surface area contributed by atoms with Crippen LogP contribution in [0.3, 0.4) is 0 Å². The number of nitrogens with zero attached hydrogens (tertiary/aromatic N) is 1. The first-order valence-corrected chi connectivity index (χ1v) is 6.68. The van der Waals surface area contributed by atoms with E-state index in [9.17, 15) is 4.79 Å². The number of rotatable bonds is 5. The third-order valence-electron chi connectivity index (χ3n) is 3.52. The molecule has 2 N–H and O–H groups in total. The quantitative estimate of drug-likeness (QED) is 0.801. The van der Waals surface area contributed by atoms with Crippen LogP contribution in [0.5, 0.6) is 0 Å². The van der Waals surface area contributed by atoms with Crippen molar-refractivity contribution < 1.29 is 4.79 Å². The molecule has 3 unspecified atom stereocenters. The van der Waals surface area contributed by atoms with Crippen molar-refractivity contribution in [1.82, 2.24) is 4.90 Å². The molecular formula is C14H28N2O. The van der Waals surface area contributed by atoms with E-state index in [1.165, 1.54) is 6.42 Å². The fraction of sp³-hybridized carbons (Fsp3) is 0.929. The minimum Gasteiger partial charge on any atom is -0.345 e. The molecule has 1 rings (SSSR count). The summed E-state index contributed by atoms with van der Waals surface area (Å²) >= 11 is 0. The maximum atomic E-state index is 12.0. The van der Waals surface area contributed by atoms with E-state index in [-0.39, 0.29) is 17.4 Å². The highest BCUT2D eigenvalue weighted by molar-refractivity contribution is 5.76. The lowest BCUT2D eigenvalue weighted by Crippen LogP contribution is -2.36. The van der Waals surface area contributed by atoms with Crippen molar-refractivity contribution >= 4 is 5.91 Å². The van der Waals surface area contributed by atoms with Gasteiger partial charge in [-0.05, 0) is 30.1 Å². The van der Waals surface area contributed by atoms with Crippen LogP contribution in [0.1, 0.15) is 47.0 Å².